The highest BCUT2D eigenvalue weighted by Gasteiger charge is 2.35. The Morgan fingerprint density at radius 3 is 1.56 bits per heavy atom. The summed E-state index contributed by atoms with van der Waals surface area (Å²) in [4.78, 5) is 21.2. The lowest BCUT2D eigenvalue weighted by Gasteiger charge is -2.25. The summed E-state index contributed by atoms with van der Waals surface area (Å²) in [6.07, 6.45) is 5.76. The second-order valence-corrected chi connectivity index (χ2v) is 6.82. The van der Waals surface area contributed by atoms with Gasteiger partial charge in [0.05, 0.1) is 6.42 Å². The number of hydrogen-bond acceptors (Lipinski definition) is 6. The molecule has 148 valence electrons. The second kappa shape index (κ2) is 11.4. The van der Waals surface area contributed by atoms with Crippen molar-refractivity contribution < 1.29 is 40.2 Å². The van der Waals surface area contributed by atoms with Gasteiger partial charge in [-0.1, -0.05) is 38.5 Å². The van der Waals surface area contributed by atoms with Gasteiger partial charge in [-0.25, -0.2) is 0 Å². The van der Waals surface area contributed by atoms with Crippen LogP contribution in [0, 0.1) is 5.92 Å². The molecule has 0 amide bonds. The number of unbranched alkanes of at least 4 members (excludes halogenated alkanes) is 7. The second-order valence-electron chi connectivity index (χ2n) is 6.82. The molecule has 1 unspecified atom stereocenters. The van der Waals surface area contributed by atoms with Crippen molar-refractivity contribution in [3.63, 3.8) is 0 Å². The number of carbonyl (C=O) groups is 2. The first-order chi connectivity index (χ1) is 11.5. The largest absolute Gasteiger partial charge is 0.481 e. The molecule has 0 aliphatic rings. The van der Waals surface area contributed by atoms with E-state index in [2.05, 4.69) is 0 Å². The summed E-state index contributed by atoms with van der Waals surface area (Å²) in [7, 11) is 0. The third-order valence-electron chi connectivity index (χ3n) is 4.37. The van der Waals surface area contributed by atoms with E-state index in [0.29, 0.717) is 12.8 Å². The van der Waals surface area contributed by atoms with Crippen LogP contribution >= 0.6 is 0 Å². The van der Waals surface area contributed by atoms with Gasteiger partial charge in [-0.3, -0.25) is 9.59 Å². The maximum atomic E-state index is 10.7. The normalized spacial score (nSPS) is 13.6. The Hall–Kier alpha value is -1.22. The van der Waals surface area contributed by atoms with Crippen LogP contribution in [0.5, 0.6) is 0 Å². The first-order valence-corrected chi connectivity index (χ1v) is 8.82. The van der Waals surface area contributed by atoms with Crippen molar-refractivity contribution in [1.29, 1.82) is 0 Å². The van der Waals surface area contributed by atoms with Crippen LogP contribution < -0.4 is 0 Å². The van der Waals surface area contributed by atoms with Crippen LogP contribution in [0.1, 0.15) is 77.6 Å². The van der Waals surface area contributed by atoms with E-state index < -0.39 is 35.9 Å². The van der Waals surface area contributed by atoms with Gasteiger partial charge in [0.25, 0.3) is 0 Å². The van der Waals surface area contributed by atoms with E-state index in [1.807, 2.05) is 0 Å². The first kappa shape index (κ1) is 23.8. The van der Waals surface area contributed by atoms with E-state index in [4.69, 9.17) is 10.2 Å². The van der Waals surface area contributed by atoms with Gasteiger partial charge >= 0.3 is 11.9 Å². The summed E-state index contributed by atoms with van der Waals surface area (Å²) in [5.41, 5.74) is 0. The Balaban J connectivity index is 3.60. The molecule has 0 aromatic rings. The molecule has 0 aliphatic carbocycles. The number of carboxylic acid groups (broad SMARTS) is 2. The quantitative estimate of drug-likeness (QED) is 0.188. The average molecular weight is 364 g/mol. The molecule has 0 heterocycles. The smallest absolute Gasteiger partial charge is 0.311 e. The Kier molecular flexibility index (Phi) is 10.8. The van der Waals surface area contributed by atoms with Gasteiger partial charge in [0.1, 0.15) is 5.92 Å². The van der Waals surface area contributed by atoms with E-state index in [1.54, 1.807) is 0 Å². The highest BCUT2D eigenvalue weighted by Crippen LogP contribution is 2.22. The average Bonchev–Trinajstić information content (AvgIpc) is 2.46. The molecule has 0 bridgehead atoms. The minimum absolute atomic E-state index is 0.0269. The SMILES string of the molecule is CC(C(=O)O)C(O)(O)CCCCCCCCCCC(O)(O)CC(=O)O. The molecule has 8 heteroatoms. The molecule has 0 radical (unpaired) electrons. The Morgan fingerprint density at radius 1 is 0.760 bits per heavy atom. The maximum absolute atomic E-state index is 10.7. The fourth-order valence-electron chi connectivity index (χ4n) is 2.60. The number of rotatable bonds is 15. The van der Waals surface area contributed by atoms with Crippen molar-refractivity contribution in [2.45, 2.75) is 89.1 Å². The van der Waals surface area contributed by atoms with Crippen molar-refractivity contribution in [2.24, 2.45) is 5.92 Å². The zero-order valence-corrected chi connectivity index (χ0v) is 14.9. The summed E-state index contributed by atoms with van der Waals surface area (Å²) in [5.74, 6) is -8.01. The summed E-state index contributed by atoms with van der Waals surface area (Å²) in [6.45, 7) is 1.27. The predicted octanol–water partition coefficient (Wildman–Crippen LogP) is 1.44. The van der Waals surface area contributed by atoms with Gasteiger partial charge in [-0.05, 0) is 19.8 Å². The van der Waals surface area contributed by atoms with Crippen molar-refractivity contribution >= 4 is 11.9 Å². The zero-order chi connectivity index (χ0) is 19.5. The van der Waals surface area contributed by atoms with Gasteiger partial charge in [-0.15, -0.1) is 0 Å². The molecule has 8 nitrogen and oxygen atoms in total. The lowest BCUT2D eigenvalue weighted by atomic mass is 9.94. The van der Waals surface area contributed by atoms with Gasteiger partial charge < -0.3 is 30.6 Å². The Labute approximate surface area is 148 Å². The number of aliphatic carboxylic acids is 2. The lowest BCUT2D eigenvalue weighted by Crippen LogP contribution is -2.40. The highest BCUT2D eigenvalue weighted by atomic mass is 16.5. The Morgan fingerprint density at radius 2 is 1.16 bits per heavy atom. The summed E-state index contributed by atoms with van der Waals surface area (Å²) < 4.78 is 0. The van der Waals surface area contributed by atoms with Crippen LogP contribution in [0.25, 0.3) is 0 Å². The van der Waals surface area contributed by atoms with Crippen molar-refractivity contribution in [1.82, 2.24) is 0 Å². The molecule has 0 aromatic heterocycles. The monoisotopic (exact) mass is 364 g/mol. The van der Waals surface area contributed by atoms with Gasteiger partial charge in [0.2, 0.25) is 0 Å². The van der Waals surface area contributed by atoms with Crippen LogP contribution in [0.4, 0.5) is 0 Å². The number of hydrogen-bond donors (Lipinski definition) is 6. The van der Waals surface area contributed by atoms with E-state index in [0.717, 1.165) is 38.5 Å². The third-order valence-corrected chi connectivity index (χ3v) is 4.37. The van der Waals surface area contributed by atoms with Crippen LogP contribution in [0.3, 0.4) is 0 Å². The molecule has 0 saturated heterocycles. The molecule has 6 N–H and O–H groups in total. The highest BCUT2D eigenvalue weighted by molar-refractivity contribution is 5.70. The van der Waals surface area contributed by atoms with Crippen molar-refractivity contribution in [3.8, 4) is 0 Å². The van der Waals surface area contributed by atoms with E-state index in [9.17, 15) is 30.0 Å². The lowest BCUT2D eigenvalue weighted by molar-refractivity contribution is -0.210. The number of aliphatic hydroxyl groups is 4. The topological polar surface area (TPSA) is 156 Å². The van der Waals surface area contributed by atoms with E-state index in [1.165, 1.54) is 6.92 Å². The first-order valence-electron chi connectivity index (χ1n) is 8.82. The fourth-order valence-corrected chi connectivity index (χ4v) is 2.60. The van der Waals surface area contributed by atoms with Gasteiger partial charge in [-0.2, -0.15) is 0 Å². The fraction of sp³-hybridized carbons (Fsp3) is 0.882. The molecule has 0 rings (SSSR count). The van der Waals surface area contributed by atoms with Crippen LogP contribution in [0.15, 0.2) is 0 Å². The molecule has 0 saturated carbocycles. The molecule has 0 aromatic carbocycles. The molecule has 0 spiro atoms. The van der Waals surface area contributed by atoms with Crippen molar-refractivity contribution in [2.75, 3.05) is 0 Å². The van der Waals surface area contributed by atoms with Gasteiger partial charge in [0.15, 0.2) is 11.6 Å². The van der Waals surface area contributed by atoms with Crippen LogP contribution in [-0.4, -0.2) is 54.2 Å². The molecular weight excluding hydrogens is 332 g/mol. The standard InChI is InChI=1S/C17H32O8/c1-13(15(20)21)17(24,25)11-9-7-5-3-2-4-6-8-10-16(22,23)12-14(18)19/h13,22-25H,2-12H2,1H3,(H,18,19)(H,20,21). The summed E-state index contributed by atoms with van der Waals surface area (Å²) in [5, 5.41) is 55.5. The molecule has 25 heavy (non-hydrogen) atoms. The van der Waals surface area contributed by atoms with E-state index in [-0.39, 0.29) is 12.8 Å². The molecule has 1 atom stereocenters. The molecule has 0 fully saturated rings. The number of carboxylic acids is 2. The zero-order valence-electron chi connectivity index (χ0n) is 14.9. The van der Waals surface area contributed by atoms with Gasteiger partial charge in [0, 0.05) is 12.8 Å². The maximum Gasteiger partial charge on any atom is 0.311 e. The molecular formula is C17H32O8. The minimum atomic E-state index is -2.18. The predicted molar refractivity (Wildman–Crippen MR) is 89.6 cm³/mol. The van der Waals surface area contributed by atoms with Crippen LogP contribution in [0.2, 0.25) is 0 Å². The summed E-state index contributed by atoms with van der Waals surface area (Å²) >= 11 is 0. The third kappa shape index (κ3) is 11.9. The van der Waals surface area contributed by atoms with Crippen molar-refractivity contribution in [3.05, 3.63) is 0 Å². The van der Waals surface area contributed by atoms with E-state index >= 15 is 0 Å². The summed E-state index contributed by atoms with van der Waals surface area (Å²) in [6, 6.07) is 0. The Bertz CT molecular complexity index is 405. The minimum Gasteiger partial charge on any atom is -0.481 e. The molecule has 0 aliphatic heterocycles. The van der Waals surface area contributed by atoms with Crippen LogP contribution in [-0.2, 0) is 9.59 Å².